The summed E-state index contributed by atoms with van der Waals surface area (Å²) in [5.41, 5.74) is 2.84. The fourth-order valence-electron chi connectivity index (χ4n) is 3.17. The van der Waals surface area contributed by atoms with Crippen molar-refractivity contribution in [1.82, 2.24) is 9.55 Å². The Bertz CT molecular complexity index is 1250. The first-order valence-corrected chi connectivity index (χ1v) is 10.2. The minimum atomic E-state index is -0.588. The highest BCUT2D eigenvalue weighted by atomic mass is 35.5. The molecular weight excluding hydrogens is 414 g/mol. The number of hydrogen-bond donors (Lipinski definition) is 1. The number of rotatable bonds is 6. The zero-order valence-corrected chi connectivity index (χ0v) is 17.4. The van der Waals surface area contributed by atoms with Gasteiger partial charge in [-0.1, -0.05) is 54.1 Å². The fourth-order valence-corrected chi connectivity index (χ4v) is 3.30. The van der Waals surface area contributed by atoms with Crippen LogP contribution < -0.4 is 10.9 Å². The SMILES string of the molecule is O=C(Nc1ccc2ncn(CCc3ccc(Cl)cc3)c(=O)c2c1)OCc1ccccc1. The summed E-state index contributed by atoms with van der Waals surface area (Å²) in [5, 5.41) is 3.77. The van der Waals surface area contributed by atoms with Gasteiger partial charge in [-0.25, -0.2) is 9.78 Å². The summed E-state index contributed by atoms with van der Waals surface area (Å²) < 4.78 is 6.80. The monoisotopic (exact) mass is 433 g/mol. The van der Waals surface area contributed by atoms with Gasteiger partial charge in [0, 0.05) is 17.3 Å². The van der Waals surface area contributed by atoms with Crippen LogP contribution in [0.5, 0.6) is 0 Å². The summed E-state index contributed by atoms with van der Waals surface area (Å²) in [6, 6.07) is 21.9. The van der Waals surface area contributed by atoms with E-state index in [-0.39, 0.29) is 12.2 Å². The Balaban J connectivity index is 1.45. The number of anilines is 1. The van der Waals surface area contributed by atoms with Gasteiger partial charge in [-0.2, -0.15) is 0 Å². The Morgan fingerprint density at radius 2 is 1.77 bits per heavy atom. The van der Waals surface area contributed by atoms with E-state index in [0.717, 1.165) is 11.1 Å². The van der Waals surface area contributed by atoms with Crippen LogP contribution in [0, 0.1) is 0 Å². The normalized spacial score (nSPS) is 10.7. The lowest BCUT2D eigenvalue weighted by atomic mass is 10.1. The number of nitrogens with zero attached hydrogens (tertiary/aromatic N) is 2. The Morgan fingerprint density at radius 3 is 2.55 bits per heavy atom. The second-order valence-corrected chi connectivity index (χ2v) is 7.47. The van der Waals surface area contributed by atoms with Gasteiger partial charge in [-0.3, -0.25) is 14.7 Å². The number of amides is 1. The second kappa shape index (κ2) is 9.45. The predicted molar refractivity (Wildman–Crippen MR) is 121 cm³/mol. The summed E-state index contributed by atoms with van der Waals surface area (Å²) in [6.45, 7) is 0.652. The summed E-state index contributed by atoms with van der Waals surface area (Å²) in [6.07, 6.45) is 1.63. The molecule has 0 atom stereocenters. The Hall–Kier alpha value is -3.64. The third-order valence-electron chi connectivity index (χ3n) is 4.84. The van der Waals surface area contributed by atoms with Gasteiger partial charge in [-0.05, 0) is 47.9 Å². The second-order valence-electron chi connectivity index (χ2n) is 7.04. The molecule has 7 heteroatoms. The maximum atomic E-state index is 12.9. The number of benzene rings is 3. The molecule has 156 valence electrons. The number of halogens is 1. The highest BCUT2D eigenvalue weighted by molar-refractivity contribution is 6.30. The minimum Gasteiger partial charge on any atom is -0.444 e. The number of nitrogens with one attached hydrogen (secondary N) is 1. The fraction of sp³-hybridized carbons (Fsp3) is 0.125. The number of hydrogen-bond acceptors (Lipinski definition) is 4. The van der Waals surface area contributed by atoms with E-state index in [1.807, 2.05) is 54.6 Å². The van der Waals surface area contributed by atoms with Crippen LogP contribution in [0.3, 0.4) is 0 Å². The Labute approximate surface area is 184 Å². The summed E-state index contributed by atoms with van der Waals surface area (Å²) >= 11 is 5.92. The Morgan fingerprint density at radius 1 is 1.00 bits per heavy atom. The van der Waals surface area contributed by atoms with E-state index in [2.05, 4.69) is 10.3 Å². The van der Waals surface area contributed by atoms with Crippen LogP contribution in [0.2, 0.25) is 5.02 Å². The van der Waals surface area contributed by atoms with Gasteiger partial charge < -0.3 is 4.74 Å². The van der Waals surface area contributed by atoms with Gasteiger partial charge in [0.2, 0.25) is 0 Å². The van der Waals surface area contributed by atoms with Gasteiger partial charge >= 0.3 is 6.09 Å². The molecule has 3 aromatic carbocycles. The molecule has 0 spiro atoms. The van der Waals surface area contributed by atoms with Crippen molar-refractivity contribution < 1.29 is 9.53 Å². The Kier molecular flexibility index (Phi) is 6.29. The minimum absolute atomic E-state index is 0.166. The topological polar surface area (TPSA) is 73.2 Å². The van der Waals surface area contributed by atoms with Gasteiger partial charge in [0.1, 0.15) is 6.61 Å². The van der Waals surface area contributed by atoms with Crippen LogP contribution in [0.15, 0.2) is 83.9 Å². The average molecular weight is 434 g/mol. The number of ether oxygens (including phenoxy) is 1. The first-order chi connectivity index (χ1) is 15.1. The van der Waals surface area contributed by atoms with E-state index in [1.54, 1.807) is 29.1 Å². The van der Waals surface area contributed by atoms with Gasteiger partial charge in [-0.15, -0.1) is 0 Å². The number of fused-ring (bicyclic) bond motifs is 1. The lowest BCUT2D eigenvalue weighted by molar-refractivity contribution is 0.155. The molecule has 0 bridgehead atoms. The highest BCUT2D eigenvalue weighted by Gasteiger charge is 2.09. The van der Waals surface area contributed by atoms with Crippen molar-refractivity contribution in [3.05, 3.63) is 106 Å². The molecule has 4 aromatic rings. The molecule has 1 N–H and O–H groups in total. The van der Waals surface area contributed by atoms with E-state index in [1.165, 1.54) is 0 Å². The molecule has 0 aliphatic rings. The molecule has 31 heavy (non-hydrogen) atoms. The van der Waals surface area contributed by atoms with Crippen molar-refractivity contribution in [1.29, 1.82) is 0 Å². The van der Waals surface area contributed by atoms with Crippen LogP contribution in [-0.4, -0.2) is 15.6 Å². The zero-order chi connectivity index (χ0) is 21.6. The number of carbonyl (C=O) groups excluding carboxylic acids is 1. The lowest BCUT2D eigenvalue weighted by Crippen LogP contribution is -2.22. The molecule has 0 saturated heterocycles. The van der Waals surface area contributed by atoms with Crippen LogP contribution in [-0.2, 0) is 24.3 Å². The van der Waals surface area contributed by atoms with E-state index in [4.69, 9.17) is 16.3 Å². The van der Waals surface area contributed by atoms with Crippen LogP contribution in [0.1, 0.15) is 11.1 Å². The number of aromatic nitrogens is 2. The van der Waals surface area contributed by atoms with Crippen molar-refractivity contribution in [2.24, 2.45) is 0 Å². The van der Waals surface area contributed by atoms with Crippen LogP contribution >= 0.6 is 11.6 Å². The maximum absolute atomic E-state index is 12.9. The van der Waals surface area contributed by atoms with Crippen LogP contribution in [0.25, 0.3) is 10.9 Å². The molecule has 6 nitrogen and oxygen atoms in total. The average Bonchev–Trinajstić information content (AvgIpc) is 2.79. The summed E-state index contributed by atoms with van der Waals surface area (Å²) in [5.74, 6) is 0. The molecule has 4 rings (SSSR count). The van der Waals surface area contributed by atoms with E-state index in [9.17, 15) is 9.59 Å². The van der Waals surface area contributed by atoms with Gasteiger partial charge in [0.05, 0.1) is 17.2 Å². The largest absolute Gasteiger partial charge is 0.444 e. The predicted octanol–water partition coefficient (Wildman–Crippen LogP) is 5.04. The molecule has 0 aliphatic heterocycles. The summed E-state index contributed by atoms with van der Waals surface area (Å²) in [7, 11) is 0. The van der Waals surface area contributed by atoms with Crippen LogP contribution in [0.4, 0.5) is 10.5 Å². The molecular formula is C24H20ClN3O3. The van der Waals surface area contributed by atoms with E-state index in [0.29, 0.717) is 34.6 Å². The van der Waals surface area contributed by atoms with Crippen molar-refractivity contribution in [3.8, 4) is 0 Å². The van der Waals surface area contributed by atoms with Crippen molar-refractivity contribution >= 4 is 34.3 Å². The molecule has 1 heterocycles. The van der Waals surface area contributed by atoms with Gasteiger partial charge in [0.15, 0.2) is 0 Å². The molecule has 1 aromatic heterocycles. The molecule has 0 aliphatic carbocycles. The van der Waals surface area contributed by atoms with Crippen molar-refractivity contribution in [2.75, 3.05) is 5.32 Å². The highest BCUT2D eigenvalue weighted by Crippen LogP contribution is 2.15. The molecule has 1 amide bonds. The third kappa shape index (κ3) is 5.29. The third-order valence-corrected chi connectivity index (χ3v) is 5.09. The molecule has 0 radical (unpaired) electrons. The quantitative estimate of drug-likeness (QED) is 0.462. The van der Waals surface area contributed by atoms with Crippen molar-refractivity contribution in [2.45, 2.75) is 19.6 Å². The number of aryl methyl sites for hydroxylation is 2. The maximum Gasteiger partial charge on any atom is 0.411 e. The first-order valence-electron chi connectivity index (χ1n) is 9.80. The standard InChI is InChI=1S/C24H20ClN3O3/c25-19-8-6-17(7-9-19)12-13-28-16-26-22-11-10-20(14-21(22)23(28)29)27-24(30)31-15-18-4-2-1-3-5-18/h1-11,14,16H,12-13,15H2,(H,27,30). The zero-order valence-electron chi connectivity index (χ0n) is 16.6. The van der Waals surface area contributed by atoms with E-state index < -0.39 is 6.09 Å². The van der Waals surface area contributed by atoms with E-state index >= 15 is 0 Å². The lowest BCUT2D eigenvalue weighted by Gasteiger charge is -2.09. The summed E-state index contributed by atoms with van der Waals surface area (Å²) in [4.78, 5) is 29.4. The van der Waals surface area contributed by atoms with Crippen molar-refractivity contribution in [3.63, 3.8) is 0 Å². The number of carbonyl (C=O) groups is 1. The smallest absolute Gasteiger partial charge is 0.411 e. The molecule has 0 saturated carbocycles. The molecule has 0 unspecified atom stereocenters. The van der Waals surface area contributed by atoms with Gasteiger partial charge in [0.25, 0.3) is 5.56 Å². The molecule has 0 fully saturated rings. The first kappa shape index (κ1) is 20.6.